The molecule has 3 aromatic carbocycles. The van der Waals surface area contributed by atoms with E-state index in [1.54, 1.807) is 30.3 Å². The molecule has 4 rings (SSSR count). The van der Waals surface area contributed by atoms with Crippen LogP contribution in [0.15, 0.2) is 103 Å². The molecule has 0 radical (unpaired) electrons. The highest BCUT2D eigenvalue weighted by molar-refractivity contribution is 6.08. The largest absolute Gasteiger partial charge is 1.00 e. The van der Waals surface area contributed by atoms with Crippen molar-refractivity contribution in [3.63, 3.8) is 0 Å². The number of anilines is 1. The van der Waals surface area contributed by atoms with Crippen molar-refractivity contribution in [3.05, 3.63) is 120 Å². The van der Waals surface area contributed by atoms with Crippen molar-refractivity contribution in [2.45, 2.75) is 12.7 Å². The molecule has 0 aliphatic carbocycles. The lowest BCUT2D eigenvalue weighted by molar-refractivity contribution is -0.687. The van der Waals surface area contributed by atoms with Crippen molar-refractivity contribution in [2.24, 2.45) is 0 Å². The normalized spacial score (nSPS) is 10.9. The number of pyridine rings is 1. The average molecular weight is 469 g/mol. The number of nitrogens with zero attached hydrogens (tertiary/aromatic N) is 1. The molecule has 0 unspecified atom stereocenters. The van der Waals surface area contributed by atoms with Crippen molar-refractivity contribution in [2.75, 3.05) is 5.32 Å². The van der Waals surface area contributed by atoms with Gasteiger partial charge < -0.3 is 17.7 Å². The maximum Gasteiger partial charge on any atom is 0.416 e. The number of alkyl halides is 3. The Morgan fingerprint density at radius 3 is 2.18 bits per heavy atom. The number of hydrogen-bond donors (Lipinski definition) is 1. The molecule has 1 aromatic heterocycles. The molecule has 0 bridgehead atoms. The Kier molecular flexibility index (Phi) is 7.51. The van der Waals surface area contributed by atoms with E-state index in [0.29, 0.717) is 28.9 Å². The molecule has 7 heteroatoms. The summed E-state index contributed by atoms with van der Waals surface area (Å²) in [5.41, 5.74) is 2.51. The first-order valence-corrected chi connectivity index (χ1v) is 10.0. The molecule has 1 heterocycles. The van der Waals surface area contributed by atoms with Crippen molar-refractivity contribution in [1.82, 2.24) is 0 Å². The van der Waals surface area contributed by atoms with E-state index >= 15 is 0 Å². The molecular formula is C26H20ClF3N2O. The van der Waals surface area contributed by atoms with Gasteiger partial charge in [0.25, 0.3) is 5.91 Å². The summed E-state index contributed by atoms with van der Waals surface area (Å²) in [6.45, 7) is 0.659. The molecule has 0 atom stereocenters. The first-order chi connectivity index (χ1) is 15.4. The summed E-state index contributed by atoms with van der Waals surface area (Å²) in [5, 5.41) is 2.89. The predicted molar refractivity (Wildman–Crippen MR) is 117 cm³/mol. The number of nitrogens with one attached hydrogen (secondary N) is 1. The van der Waals surface area contributed by atoms with Crippen LogP contribution >= 0.6 is 0 Å². The third kappa shape index (κ3) is 5.99. The smallest absolute Gasteiger partial charge is 0.416 e. The molecule has 1 amide bonds. The van der Waals surface area contributed by atoms with E-state index in [-0.39, 0.29) is 18.3 Å². The van der Waals surface area contributed by atoms with Crippen LogP contribution in [0.4, 0.5) is 18.9 Å². The molecule has 0 saturated carbocycles. The van der Waals surface area contributed by atoms with E-state index in [2.05, 4.69) is 5.32 Å². The number of amides is 1. The molecule has 0 fully saturated rings. The second-order valence-electron chi connectivity index (χ2n) is 7.33. The van der Waals surface area contributed by atoms with Crippen LogP contribution in [0.3, 0.4) is 0 Å². The van der Waals surface area contributed by atoms with Gasteiger partial charge in [0.1, 0.15) is 5.69 Å². The SMILES string of the molecule is O=C(Nc1ccc[n+](Cc2ccccc2)c1)c1ccccc1-c1ccc(C(F)(F)F)cc1.[Cl-]. The van der Waals surface area contributed by atoms with E-state index in [1.807, 2.05) is 53.4 Å². The van der Waals surface area contributed by atoms with Gasteiger partial charge in [-0.15, -0.1) is 0 Å². The number of benzene rings is 3. The summed E-state index contributed by atoms with van der Waals surface area (Å²) in [6, 6.07) is 25.2. The van der Waals surface area contributed by atoms with Crippen LogP contribution in [0, 0.1) is 0 Å². The minimum Gasteiger partial charge on any atom is -1.00 e. The summed E-state index contributed by atoms with van der Waals surface area (Å²) < 4.78 is 40.6. The van der Waals surface area contributed by atoms with Crippen LogP contribution < -0.4 is 22.3 Å². The average Bonchev–Trinajstić information content (AvgIpc) is 2.79. The fourth-order valence-electron chi connectivity index (χ4n) is 3.46. The molecule has 3 nitrogen and oxygen atoms in total. The third-order valence-electron chi connectivity index (χ3n) is 5.02. The second-order valence-corrected chi connectivity index (χ2v) is 7.33. The Hall–Kier alpha value is -3.64. The van der Waals surface area contributed by atoms with Gasteiger partial charge in [-0.25, -0.2) is 0 Å². The summed E-state index contributed by atoms with van der Waals surface area (Å²) >= 11 is 0. The number of carbonyl (C=O) groups is 1. The van der Waals surface area contributed by atoms with E-state index in [9.17, 15) is 18.0 Å². The standard InChI is InChI=1S/C26H19F3N2O.ClH/c27-26(28,29)21-14-12-20(13-15-21)23-10-4-5-11-24(23)25(32)30-22-9-6-16-31(18-22)17-19-7-2-1-3-8-19;/h1-16,18H,17H2;1H. The lowest BCUT2D eigenvalue weighted by Gasteiger charge is -2.12. The van der Waals surface area contributed by atoms with Gasteiger partial charge in [-0.1, -0.05) is 60.7 Å². The summed E-state index contributed by atoms with van der Waals surface area (Å²) in [5.74, 6) is -0.335. The Morgan fingerprint density at radius 1 is 0.818 bits per heavy atom. The van der Waals surface area contributed by atoms with E-state index < -0.39 is 11.7 Å². The van der Waals surface area contributed by atoms with Gasteiger partial charge in [0, 0.05) is 17.2 Å². The van der Waals surface area contributed by atoms with E-state index in [4.69, 9.17) is 0 Å². The monoisotopic (exact) mass is 468 g/mol. The maximum atomic E-state index is 13.0. The summed E-state index contributed by atoms with van der Waals surface area (Å²) in [4.78, 5) is 13.0. The first-order valence-electron chi connectivity index (χ1n) is 10.0. The van der Waals surface area contributed by atoms with Crippen LogP contribution in [0.25, 0.3) is 11.1 Å². The number of halogens is 4. The molecular weight excluding hydrogens is 449 g/mol. The van der Waals surface area contributed by atoms with Crippen molar-refractivity contribution >= 4 is 11.6 Å². The second kappa shape index (κ2) is 10.3. The van der Waals surface area contributed by atoms with E-state index in [1.165, 1.54) is 12.1 Å². The quantitative estimate of drug-likeness (QED) is 0.449. The highest BCUT2D eigenvalue weighted by atomic mass is 35.5. The van der Waals surface area contributed by atoms with Crippen molar-refractivity contribution in [1.29, 1.82) is 0 Å². The van der Waals surface area contributed by atoms with Crippen LogP contribution in [0.1, 0.15) is 21.5 Å². The number of aromatic nitrogens is 1. The van der Waals surface area contributed by atoms with Crippen LogP contribution in [-0.4, -0.2) is 5.91 Å². The highest BCUT2D eigenvalue weighted by Gasteiger charge is 2.30. The van der Waals surface area contributed by atoms with Gasteiger partial charge in [0.15, 0.2) is 18.9 Å². The van der Waals surface area contributed by atoms with Crippen LogP contribution in [-0.2, 0) is 12.7 Å². The summed E-state index contributed by atoms with van der Waals surface area (Å²) in [6.07, 6.45) is -0.650. The van der Waals surface area contributed by atoms with Gasteiger partial charge >= 0.3 is 6.18 Å². The Morgan fingerprint density at radius 2 is 1.48 bits per heavy atom. The molecule has 1 N–H and O–H groups in total. The lowest BCUT2D eigenvalue weighted by atomic mass is 9.98. The Bertz CT molecular complexity index is 1230. The van der Waals surface area contributed by atoms with Crippen LogP contribution in [0.2, 0.25) is 0 Å². The minimum atomic E-state index is -4.40. The highest BCUT2D eigenvalue weighted by Crippen LogP contribution is 2.32. The fourth-order valence-corrected chi connectivity index (χ4v) is 3.46. The molecule has 168 valence electrons. The molecule has 0 aliphatic heterocycles. The topological polar surface area (TPSA) is 33.0 Å². The molecule has 0 aliphatic rings. The molecule has 4 aromatic rings. The van der Waals surface area contributed by atoms with Gasteiger partial charge in [0.2, 0.25) is 0 Å². The lowest BCUT2D eigenvalue weighted by Crippen LogP contribution is -3.00. The summed E-state index contributed by atoms with van der Waals surface area (Å²) in [7, 11) is 0. The minimum absolute atomic E-state index is 0. The fraction of sp³-hybridized carbons (Fsp3) is 0.0769. The van der Waals surface area contributed by atoms with Gasteiger partial charge in [-0.05, 0) is 35.4 Å². The van der Waals surface area contributed by atoms with Gasteiger partial charge in [-0.2, -0.15) is 17.7 Å². The Labute approximate surface area is 195 Å². The zero-order chi connectivity index (χ0) is 22.6. The van der Waals surface area contributed by atoms with Gasteiger partial charge in [-0.3, -0.25) is 4.79 Å². The number of carbonyl (C=O) groups excluding carboxylic acids is 1. The van der Waals surface area contributed by atoms with E-state index in [0.717, 1.165) is 17.7 Å². The Balaban J connectivity index is 0.00000306. The predicted octanol–water partition coefficient (Wildman–Crippen LogP) is 2.96. The zero-order valence-corrected chi connectivity index (χ0v) is 18.1. The number of hydrogen-bond acceptors (Lipinski definition) is 1. The number of rotatable bonds is 5. The first kappa shape index (κ1) is 24.0. The zero-order valence-electron chi connectivity index (χ0n) is 17.4. The third-order valence-corrected chi connectivity index (χ3v) is 5.02. The van der Waals surface area contributed by atoms with Crippen molar-refractivity contribution in [3.8, 4) is 11.1 Å². The maximum absolute atomic E-state index is 13.0. The molecule has 33 heavy (non-hydrogen) atoms. The molecule has 0 spiro atoms. The molecule has 0 saturated heterocycles. The van der Waals surface area contributed by atoms with Crippen molar-refractivity contribution < 1.29 is 34.9 Å². The van der Waals surface area contributed by atoms with Gasteiger partial charge in [0.05, 0.1) is 5.56 Å². The van der Waals surface area contributed by atoms with Crippen LogP contribution in [0.5, 0.6) is 0 Å².